The number of fused-ring (bicyclic) bond motifs is 3. The summed E-state index contributed by atoms with van der Waals surface area (Å²) in [5, 5.41) is 9.58. The van der Waals surface area contributed by atoms with Crippen LogP contribution in [0, 0.1) is 23.2 Å². The maximum absolute atomic E-state index is 12.9. The van der Waals surface area contributed by atoms with E-state index in [-0.39, 0.29) is 41.5 Å². The zero-order valence-electron chi connectivity index (χ0n) is 17.4. The number of ether oxygens (including phenoxy) is 2. The Morgan fingerprint density at radius 1 is 1.24 bits per heavy atom. The zero-order valence-corrected chi connectivity index (χ0v) is 17.4. The first-order valence-corrected chi connectivity index (χ1v) is 11.2. The molecule has 4 aliphatic rings. The van der Waals surface area contributed by atoms with Gasteiger partial charge in [-0.2, -0.15) is 0 Å². The highest BCUT2D eigenvalue weighted by Gasteiger charge is 2.65. The predicted molar refractivity (Wildman–Crippen MR) is 109 cm³/mol. The van der Waals surface area contributed by atoms with Gasteiger partial charge in [-0.05, 0) is 49.0 Å². The number of hydrogen-bond acceptors (Lipinski definition) is 5. The lowest BCUT2D eigenvalue weighted by atomic mass is 9.53. The number of benzene rings is 1. The highest BCUT2D eigenvalue weighted by molar-refractivity contribution is 5.75. The smallest absolute Gasteiger partial charge is 0.310 e. The van der Waals surface area contributed by atoms with E-state index in [1.807, 2.05) is 18.2 Å². The third-order valence-electron chi connectivity index (χ3n) is 8.20. The van der Waals surface area contributed by atoms with Crippen molar-refractivity contribution in [2.45, 2.75) is 57.3 Å². The summed E-state index contributed by atoms with van der Waals surface area (Å²) in [7, 11) is 0. The summed E-state index contributed by atoms with van der Waals surface area (Å²) in [6.07, 6.45) is 5.69. The quantitative estimate of drug-likeness (QED) is 0.589. The fourth-order valence-electron chi connectivity index (χ4n) is 6.66. The van der Waals surface area contributed by atoms with Crippen LogP contribution in [0.2, 0.25) is 0 Å². The Morgan fingerprint density at radius 2 is 2.03 bits per heavy atom. The molecule has 5 nitrogen and oxygen atoms in total. The molecule has 6 atom stereocenters. The first-order chi connectivity index (χ1) is 14.0. The number of carbonyl (C=O) groups excluding carboxylic acids is 1. The van der Waals surface area contributed by atoms with E-state index < -0.39 is 0 Å². The van der Waals surface area contributed by atoms with Crippen LogP contribution in [0.15, 0.2) is 30.3 Å². The van der Waals surface area contributed by atoms with Gasteiger partial charge in [0.05, 0.1) is 24.7 Å². The lowest BCUT2D eigenvalue weighted by molar-refractivity contribution is -0.147. The Labute approximate surface area is 173 Å². The average molecular weight is 400 g/mol. The van der Waals surface area contributed by atoms with Crippen LogP contribution >= 0.6 is 0 Å². The minimum atomic E-state index is -0.0995. The normalized spacial score (nSPS) is 40.6. The molecule has 1 spiro atoms. The molecule has 2 aliphatic heterocycles. The van der Waals surface area contributed by atoms with Gasteiger partial charge in [-0.3, -0.25) is 9.69 Å². The topological polar surface area (TPSA) is 62.3 Å². The molecule has 2 aliphatic carbocycles. The number of aliphatic hydroxyl groups excluding tert-OH is 1. The second kappa shape index (κ2) is 7.36. The van der Waals surface area contributed by atoms with Crippen molar-refractivity contribution >= 4 is 5.97 Å². The molecule has 1 aromatic rings. The van der Waals surface area contributed by atoms with Crippen molar-refractivity contribution in [2.24, 2.45) is 23.2 Å². The molecule has 2 saturated heterocycles. The number of hydrogen-bond donors (Lipinski definition) is 1. The van der Waals surface area contributed by atoms with Crippen LogP contribution in [0.3, 0.4) is 0 Å². The van der Waals surface area contributed by atoms with Gasteiger partial charge in [0.15, 0.2) is 0 Å². The largest absolute Gasteiger partial charge is 0.462 e. The Morgan fingerprint density at radius 3 is 2.76 bits per heavy atom. The number of epoxide rings is 1. The Balaban J connectivity index is 1.33. The highest BCUT2D eigenvalue weighted by atomic mass is 16.6. The molecule has 29 heavy (non-hydrogen) atoms. The van der Waals surface area contributed by atoms with E-state index in [1.54, 1.807) is 0 Å². The first kappa shape index (κ1) is 19.5. The van der Waals surface area contributed by atoms with Crippen LogP contribution < -0.4 is 0 Å². The van der Waals surface area contributed by atoms with E-state index in [9.17, 15) is 9.90 Å². The molecule has 158 valence electrons. The maximum Gasteiger partial charge on any atom is 0.310 e. The van der Waals surface area contributed by atoms with Crippen LogP contribution in [0.25, 0.3) is 0 Å². The maximum atomic E-state index is 12.9. The average Bonchev–Trinajstić information content (AvgIpc) is 3.40. The van der Waals surface area contributed by atoms with Crippen molar-refractivity contribution in [2.75, 3.05) is 26.3 Å². The second-order valence-corrected chi connectivity index (χ2v) is 10.0. The van der Waals surface area contributed by atoms with Gasteiger partial charge in [-0.25, -0.2) is 0 Å². The number of aliphatic hydroxyl groups is 1. The lowest BCUT2D eigenvalue weighted by Gasteiger charge is -2.51. The number of carbonyl (C=O) groups is 1. The van der Waals surface area contributed by atoms with E-state index in [2.05, 4.69) is 24.0 Å². The summed E-state index contributed by atoms with van der Waals surface area (Å²) in [4.78, 5) is 15.1. The van der Waals surface area contributed by atoms with Gasteiger partial charge < -0.3 is 14.6 Å². The number of esters is 1. The van der Waals surface area contributed by atoms with Gasteiger partial charge in [0, 0.05) is 25.6 Å². The van der Waals surface area contributed by atoms with Crippen LogP contribution in [0.1, 0.15) is 44.6 Å². The van der Waals surface area contributed by atoms with Gasteiger partial charge in [0.2, 0.25) is 0 Å². The molecular formula is C24H33NO4. The van der Waals surface area contributed by atoms with Crippen LogP contribution in [-0.4, -0.2) is 54.0 Å². The van der Waals surface area contributed by atoms with Crippen LogP contribution in [0.4, 0.5) is 0 Å². The van der Waals surface area contributed by atoms with E-state index in [4.69, 9.17) is 9.47 Å². The van der Waals surface area contributed by atoms with Crippen molar-refractivity contribution in [3.63, 3.8) is 0 Å². The summed E-state index contributed by atoms with van der Waals surface area (Å²) in [5.74, 6) is 0.681. The minimum Gasteiger partial charge on any atom is -0.462 e. The van der Waals surface area contributed by atoms with E-state index in [0.29, 0.717) is 19.0 Å². The molecule has 0 aromatic heterocycles. The van der Waals surface area contributed by atoms with Gasteiger partial charge >= 0.3 is 5.97 Å². The van der Waals surface area contributed by atoms with E-state index in [0.717, 1.165) is 26.0 Å². The van der Waals surface area contributed by atoms with Crippen molar-refractivity contribution in [1.29, 1.82) is 0 Å². The molecule has 2 heterocycles. The Kier molecular flexibility index (Phi) is 4.96. The van der Waals surface area contributed by atoms with E-state index in [1.165, 1.54) is 24.8 Å². The third kappa shape index (κ3) is 3.51. The molecule has 1 N–H and O–H groups in total. The molecule has 2 saturated carbocycles. The second-order valence-electron chi connectivity index (χ2n) is 10.0. The fourth-order valence-corrected chi connectivity index (χ4v) is 6.66. The van der Waals surface area contributed by atoms with Gasteiger partial charge in [0.25, 0.3) is 0 Å². The van der Waals surface area contributed by atoms with Crippen molar-refractivity contribution < 1.29 is 19.4 Å². The highest BCUT2D eigenvalue weighted by Crippen LogP contribution is 2.62. The van der Waals surface area contributed by atoms with Gasteiger partial charge in [-0.1, -0.05) is 37.3 Å². The van der Waals surface area contributed by atoms with Gasteiger partial charge in [0.1, 0.15) is 6.10 Å². The lowest BCUT2D eigenvalue weighted by Crippen LogP contribution is -2.51. The first-order valence-electron chi connectivity index (χ1n) is 11.2. The summed E-state index contributed by atoms with van der Waals surface area (Å²) in [5.41, 5.74) is 1.53. The van der Waals surface area contributed by atoms with Crippen molar-refractivity contribution in [3.8, 4) is 0 Å². The zero-order chi connectivity index (χ0) is 20.1. The summed E-state index contributed by atoms with van der Waals surface area (Å²) >= 11 is 0. The monoisotopic (exact) mass is 399 g/mol. The molecule has 0 amide bonds. The van der Waals surface area contributed by atoms with E-state index >= 15 is 0 Å². The Bertz CT molecular complexity index is 749. The van der Waals surface area contributed by atoms with Crippen molar-refractivity contribution in [3.05, 3.63) is 35.9 Å². The Hall–Kier alpha value is -1.43. The molecular weight excluding hydrogens is 366 g/mol. The molecule has 4 fully saturated rings. The molecule has 0 bridgehead atoms. The third-order valence-corrected chi connectivity index (χ3v) is 8.20. The molecule has 5 heteroatoms. The summed E-state index contributed by atoms with van der Waals surface area (Å²) in [6, 6.07) is 10.3. The fraction of sp³-hybridized carbons (Fsp3) is 0.708. The molecule has 0 unspecified atom stereocenters. The minimum absolute atomic E-state index is 0.0380. The molecule has 5 rings (SSSR count). The predicted octanol–water partition coefficient (Wildman–Crippen LogP) is 3.01. The van der Waals surface area contributed by atoms with Crippen molar-refractivity contribution in [1.82, 2.24) is 4.90 Å². The van der Waals surface area contributed by atoms with Crippen LogP contribution in [0.5, 0.6) is 0 Å². The molecule has 1 aromatic carbocycles. The van der Waals surface area contributed by atoms with Crippen LogP contribution in [-0.2, 0) is 20.8 Å². The summed E-state index contributed by atoms with van der Waals surface area (Å²) in [6.45, 7) is 5.37. The summed E-state index contributed by atoms with van der Waals surface area (Å²) < 4.78 is 12.0. The molecule has 0 radical (unpaired) electrons. The standard InChI is InChI=1S/C24H33NO4/c1-23-8-5-9-24(16-28-24)21(23)12-18-19(22(27)29-20(18)13-23)15-25(10-11-26)14-17-6-3-2-4-7-17/h2-4,6-7,18-21,26H,5,8-16H2,1H3/t18-,19+,20+,21+,23+,24-/m0/s1. The van der Waals surface area contributed by atoms with Gasteiger partial charge in [-0.15, -0.1) is 0 Å². The number of nitrogens with zero attached hydrogens (tertiary/aromatic N) is 1. The number of rotatable bonds is 6. The SMILES string of the molecule is C[C@]12CCC[C@]3(CO3)[C@@H]1C[C@@H]1[C@@H](C2)OC(=O)[C@@H]1CN(CCO)Cc1ccccc1.